The van der Waals surface area contributed by atoms with Gasteiger partial charge in [-0.3, -0.25) is 9.59 Å². The smallest absolute Gasteiger partial charge is 0.309 e. The molecule has 0 aromatic rings. The van der Waals surface area contributed by atoms with E-state index in [1.807, 2.05) is 0 Å². The van der Waals surface area contributed by atoms with Crippen molar-refractivity contribution in [3.05, 3.63) is 0 Å². The third-order valence-corrected chi connectivity index (χ3v) is 0.902. The van der Waals surface area contributed by atoms with Gasteiger partial charge in [0.2, 0.25) is 0 Å². The van der Waals surface area contributed by atoms with E-state index < -0.39 is 11.8 Å². The molecule has 0 unspecified atom stereocenters. The van der Waals surface area contributed by atoms with E-state index in [9.17, 15) is 9.59 Å². The Morgan fingerprint density at radius 2 is 1.33 bits per heavy atom. The van der Waals surface area contributed by atoms with E-state index in [-0.39, 0.29) is 29.6 Å². The number of carbonyl (C=O) groups is 2. The van der Waals surface area contributed by atoms with Crippen LogP contribution in [0.4, 0.5) is 0 Å². The van der Waals surface area contributed by atoms with Crippen LogP contribution < -0.4 is 10.6 Å². The van der Waals surface area contributed by atoms with Crippen LogP contribution in [0.1, 0.15) is 0 Å². The summed E-state index contributed by atoms with van der Waals surface area (Å²) in [5.41, 5.74) is 0. The quantitative estimate of drug-likeness (QED) is 0.295. The molecule has 0 atom stereocenters. The van der Waals surface area contributed by atoms with Crippen LogP contribution in [-0.4, -0.2) is 54.5 Å². The first-order chi connectivity index (χ1) is 3.80. The summed E-state index contributed by atoms with van der Waals surface area (Å²) in [5, 5.41) is 4.76. The van der Waals surface area contributed by atoms with Crippen LogP contribution in [0.2, 0.25) is 0 Å². The van der Waals surface area contributed by atoms with Crippen LogP contribution in [-0.2, 0) is 9.59 Å². The van der Waals surface area contributed by atoms with E-state index in [4.69, 9.17) is 0 Å². The molecule has 0 aromatic heterocycles. The van der Waals surface area contributed by atoms with E-state index in [0.29, 0.717) is 13.1 Å². The van der Waals surface area contributed by atoms with Crippen LogP contribution in [0.15, 0.2) is 0 Å². The van der Waals surface area contributed by atoms with Crippen molar-refractivity contribution in [3.63, 3.8) is 0 Å². The monoisotopic (exact) mass is 137 g/mol. The molecule has 5 heteroatoms. The number of amides is 2. The molecular weight excluding hydrogens is 131 g/mol. The molecule has 2 N–H and O–H groups in total. The molecule has 1 aliphatic heterocycles. The Hall–Kier alpha value is -0.0600. The van der Waals surface area contributed by atoms with Crippen molar-refractivity contribution in [1.82, 2.24) is 10.6 Å². The van der Waals surface area contributed by atoms with Crippen LogP contribution >= 0.6 is 0 Å². The maximum Gasteiger partial charge on any atom is 0.309 e. The van der Waals surface area contributed by atoms with Crippen molar-refractivity contribution in [2.75, 3.05) is 13.1 Å². The molecule has 0 spiro atoms. The van der Waals surface area contributed by atoms with Gasteiger partial charge in [-0.25, -0.2) is 0 Å². The van der Waals surface area contributed by atoms with Crippen molar-refractivity contribution in [2.24, 2.45) is 0 Å². The zero-order chi connectivity index (χ0) is 5.98. The fourth-order valence-corrected chi connectivity index (χ4v) is 0.513. The molecular formula is C4H6N2NaO2. The van der Waals surface area contributed by atoms with E-state index in [0.717, 1.165) is 0 Å². The average Bonchev–Trinajstić information content (AvgIpc) is 1.77. The van der Waals surface area contributed by atoms with Crippen molar-refractivity contribution in [1.29, 1.82) is 0 Å². The SMILES string of the molecule is O=C1NCCNC1=O.[Na]. The Balaban J connectivity index is 0.000000640. The van der Waals surface area contributed by atoms with E-state index in [2.05, 4.69) is 10.6 Å². The first-order valence-corrected chi connectivity index (χ1v) is 2.37. The van der Waals surface area contributed by atoms with Crippen molar-refractivity contribution in [3.8, 4) is 0 Å². The van der Waals surface area contributed by atoms with Gasteiger partial charge in [0.25, 0.3) is 0 Å². The second-order valence-electron chi connectivity index (χ2n) is 1.51. The Kier molecular flexibility index (Phi) is 3.84. The Morgan fingerprint density at radius 1 is 1.00 bits per heavy atom. The van der Waals surface area contributed by atoms with Crippen molar-refractivity contribution >= 4 is 41.4 Å². The molecule has 9 heavy (non-hydrogen) atoms. The molecule has 0 saturated carbocycles. The second kappa shape index (κ2) is 3.87. The first kappa shape index (κ1) is 8.94. The molecule has 4 nitrogen and oxygen atoms in total. The number of hydrogen-bond acceptors (Lipinski definition) is 2. The van der Waals surface area contributed by atoms with Gasteiger partial charge in [0.1, 0.15) is 0 Å². The number of hydrogen-bond donors (Lipinski definition) is 2. The maximum absolute atomic E-state index is 10.3. The third kappa shape index (κ3) is 2.34. The molecule has 0 bridgehead atoms. The molecule has 1 aliphatic rings. The summed E-state index contributed by atoms with van der Waals surface area (Å²) >= 11 is 0. The maximum atomic E-state index is 10.3. The Morgan fingerprint density at radius 3 is 1.56 bits per heavy atom. The molecule has 45 valence electrons. The number of nitrogens with one attached hydrogen (secondary N) is 2. The minimum Gasteiger partial charge on any atom is -0.346 e. The van der Waals surface area contributed by atoms with Crippen LogP contribution in [0.5, 0.6) is 0 Å². The molecule has 1 rings (SSSR count). The summed E-state index contributed by atoms with van der Waals surface area (Å²) in [4.78, 5) is 20.5. The number of rotatable bonds is 0. The molecule has 1 heterocycles. The average molecular weight is 137 g/mol. The van der Waals surface area contributed by atoms with Crippen LogP contribution in [0.25, 0.3) is 0 Å². The zero-order valence-corrected chi connectivity index (χ0v) is 7.23. The Labute approximate surface area is 74.7 Å². The van der Waals surface area contributed by atoms with Gasteiger partial charge < -0.3 is 10.6 Å². The minimum absolute atomic E-state index is 0. The van der Waals surface area contributed by atoms with Gasteiger partial charge in [-0.1, -0.05) is 0 Å². The van der Waals surface area contributed by atoms with E-state index >= 15 is 0 Å². The van der Waals surface area contributed by atoms with E-state index in [1.165, 1.54) is 0 Å². The zero-order valence-electron chi connectivity index (χ0n) is 5.23. The number of piperazine rings is 1. The first-order valence-electron chi connectivity index (χ1n) is 2.37. The normalized spacial score (nSPS) is 17.3. The fourth-order valence-electron chi connectivity index (χ4n) is 0.513. The summed E-state index contributed by atoms with van der Waals surface area (Å²) in [6.07, 6.45) is 0. The van der Waals surface area contributed by atoms with Gasteiger partial charge in [0, 0.05) is 42.6 Å². The van der Waals surface area contributed by atoms with Gasteiger partial charge in [0.05, 0.1) is 0 Å². The number of carbonyl (C=O) groups excluding carboxylic acids is 2. The fraction of sp³-hybridized carbons (Fsp3) is 0.500. The van der Waals surface area contributed by atoms with Gasteiger partial charge in [0.15, 0.2) is 0 Å². The summed E-state index contributed by atoms with van der Waals surface area (Å²) in [7, 11) is 0. The predicted molar refractivity (Wildman–Crippen MR) is 31.8 cm³/mol. The van der Waals surface area contributed by atoms with Crippen molar-refractivity contribution in [2.45, 2.75) is 0 Å². The minimum atomic E-state index is -0.531. The summed E-state index contributed by atoms with van der Waals surface area (Å²) in [5.74, 6) is -1.06. The summed E-state index contributed by atoms with van der Waals surface area (Å²) < 4.78 is 0. The van der Waals surface area contributed by atoms with Gasteiger partial charge in [-0.15, -0.1) is 0 Å². The van der Waals surface area contributed by atoms with Crippen molar-refractivity contribution < 1.29 is 9.59 Å². The summed E-state index contributed by atoms with van der Waals surface area (Å²) in [6.45, 7) is 1.09. The van der Waals surface area contributed by atoms with Gasteiger partial charge in [-0.2, -0.15) is 0 Å². The second-order valence-corrected chi connectivity index (χ2v) is 1.51. The van der Waals surface area contributed by atoms with Crippen LogP contribution in [0.3, 0.4) is 0 Å². The molecule has 0 aliphatic carbocycles. The topological polar surface area (TPSA) is 58.2 Å². The molecule has 1 fully saturated rings. The largest absolute Gasteiger partial charge is 0.346 e. The summed E-state index contributed by atoms with van der Waals surface area (Å²) in [6, 6.07) is 0. The van der Waals surface area contributed by atoms with Crippen LogP contribution in [0, 0.1) is 0 Å². The Bertz CT molecular complexity index is 121. The standard InChI is InChI=1S/C4H6N2O2.Na/c7-3-4(8)6-2-1-5-3;/h1-2H2,(H,5,7)(H,6,8);. The van der Waals surface area contributed by atoms with Gasteiger partial charge in [-0.05, 0) is 0 Å². The molecule has 1 saturated heterocycles. The predicted octanol–water partition coefficient (Wildman–Crippen LogP) is -2.15. The third-order valence-electron chi connectivity index (χ3n) is 0.902. The van der Waals surface area contributed by atoms with Gasteiger partial charge >= 0.3 is 11.8 Å². The molecule has 0 aromatic carbocycles. The molecule has 2 amide bonds. The molecule has 1 radical (unpaired) electrons. The van der Waals surface area contributed by atoms with E-state index in [1.54, 1.807) is 0 Å².